The molecule has 0 saturated carbocycles. The third-order valence-electron chi connectivity index (χ3n) is 5.59. The van der Waals surface area contributed by atoms with E-state index in [1.807, 2.05) is 25.1 Å². The lowest BCUT2D eigenvalue weighted by Gasteiger charge is -2.43. The molecular weight excluding hydrogens is 324 g/mol. The minimum Gasteiger partial charge on any atom is -0.464 e. The van der Waals surface area contributed by atoms with E-state index < -0.39 is 0 Å². The second-order valence-corrected chi connectivity index (χ2v) is 7.05. The third kappa shape index (κ3) is 2.99. The first kappa shape index (κ1) is 17.5. The Morgan fingerprint density at radius 3 is 2.92 bits per heavy atom. The summed E-state index contributed by atoms with van der Waals surface area (Å²) in [5.74, 6) is 0. The van der Waals surface area contributed by atoms with Gasteiger partial charge in [0, 0.05) is 37.3 Å². The van der Waals surface area contributed by atoms with E-state index in [0.717, 1.165) is 24.2 Å². The maximum absolute atomic E-state index is 12.8. The molecule has 5 heteroatoms. The second kappa shape index (κ2) is 6.87. The fraction of sp³-hybridized carbons (Fsp3) is 0.526. The fourth-order valence-electron chi connectivity index (χ4n) is 4.22. The van der Waals surface area contributed by atoms with Crippen molar-refractivity contribution in [1.82, 2.24) is 9.80 Å². The molecule has 0 amide bonds. The quantitative estimate of drug-likeness (QED) is 0.835. The zero-order valence-corrected chi connectivity index (χ0v) is 15.1. The van der Waals surface area contributed by atoms with Crippen molar-refractivity contribution < 1.29 is 4.42 Å². The van der Waals surface area contributed by atoms with Gasteiger partial charge in [-0.15, -0.1) is 12.4 Å². The van der Waals surface area contributed by atoms with Crippen LogP contribution in [0.1, 0.15) is 30.9 Å². The van der Waals surface area contributed by atoms with Gasteiger partial charge in [-0.25, -0.2) is 0 Å². The van der Waals surface area contributed by atoms with Gasteiger partial charge in [0.2, 0.25) is 0 Å². The molecule has 4 rings (SSSR count). The number of fused-ring (bicyclic) bond motifs is 2. The van der Waals surface area contributed by atoms with Crippen molar-refractivity contribution in [3.63, 3.8) is 0 Å². The van der Waals surface area contributed by atoms with Gasteiger partial charge in [0.25, 0.3) is 0 Å². The Bertz CT molecular complexity index is 789. The third-order valence-corrected chi connectivity index (χ3v) is 5.59. The first-order valence-electron chi connectivity index (χ1n) is 8.62. The summed E-state index contributed by atoms with van der Waals surface area (Å²) in [6.45, 7) is 8.38. The molecule has 4 nitrogen and oxygen atoms in total. The van der Waals surface area contributed by atoms with Crippen LogP contribution in [0.4, 0.5) is 0 Å². The van der Waals surface area contributed by atoms with E-state index >= 15 is 0 Å². The Labute approximate surface area is 148 Å². The molecule has 1 aromatic carbocycles. The zero-order valence-electron chi connectivity index (χ0n) is 14.3. The molecule has 0 bridgehead atoms. The molecule has 3 heterocycles. The van der Waals surface area contributed by atoms with Gasteiger partial charge in [-0.05, 0) is 45.4 Å². The van der Waals surface area contributed by atoms with Crippen LogP contribution in [-0.2, 0) is 6.54 Å². The van der Waals surface area contributed by atoms with Crippen molar-refractivity contribution >= 4 is 23.4 Å². The predicted molar refractivity (Wildman–Crippen MR) is 98.9 cm³/mol. The van der Waals surface area contributed by atoms with Crippen LogP contribution in [0.5, 0.6) is 0 Å². The maximum atomic E-state index is 12.8. The minimum atomic E-state index is 0. The van der Waals surface area contributed by atoms with E-state index in [2.05, 4.69) is 16.7 Å². The second-order valence-electron chi connectivity index (χ2n) is 7.05. The summed E-state index contributed by atoms with van der Waals surface area (Å²) >= 11 is 0. The van der Waals surface area contributed by atoms with Gasteiger partial charge in [0.05, 0.1) is 11.6 Å². The van der Waals surface area contributed by atoms with Crippen LogP contribution in [-0.4, -0.2) is 41.5 Å². The number of rotatable bonds is 2. The predicted octanol–water partition coefficient (Wildman–Crippen LogP) is 3.19. The van der Waals surface area contributed by atoms with Crippen LogP contribution in [0, 0.1) is 6.92 Å². The maximum Gasteiger partial charge on any atom is 0.197 e. The molecule has 2 aliphatic heterocycles. The van der Waals surface area contributed by atoms with Crippen molar-refractivity contribution in [1.29, 1.82) is 0 Å². The van der Waals surface area contributed by atoms with Crippen LogP contribution in [0.25, 0.3) is 11.0 Å². The first-order chi connectivity index (χ1) is 11.1. The largest absolute Gasteiger partial charge is 0.464 e. The molecule has 2 saturated heterocycles. The van der Waals surface area contributed by atoms with Crippen LogP contribution in [0.2, 0.25) is 0 Å². The highest BCUT2D eigenvalue weighted by atomic mass is 35.5. The van der Waals surface area contributed by atoms with Crippen molar-refractivity contribution in [3.05, 3.63) is 45.8 Å². The Morgan fingerprint density at radius 2 is 2.08 bits per heavy atom. The molecule has 2 fully saturated rings. The highest BCUT2D eigenvalue weighted by Gasteiger charge is 2.36. The molecule has 2 atom stereocenters. The normalized spacial score (nSPS) is 24.8. The average molecular weight is 349 g/mol. The summed E-state index contributed by atoms with van der Waals surface area (Å²) in [5, 5.41) is 0.703. The standard InChI is InChI=1S/C19H24N2O2.ClH/c1-13-5-6-18-16(10-13)19(22)15(12-23-18)11-21-9-8-20-7-3-4-17(20)14(21)2;/h5-6,10,12,14,17H,3-4,7-9,11H2,1-2H3;1H. The zero-order chi connectivity index (χ0) is 16.0. The lowest BCUT2D eigenvalue weighted by molar-refractivity contribution is 0.0465. The molecular formula is C19H25ClN2O2. The van der Waals surface area contributed by atoms with E-state index in [1.165, 1.54) is 19.4 Å². The van der Waals surface area contributed by atoms with Crippen molar-refractivity contribution in [2.24, 2.45) is 0 Å². The number of nitrogens with zero attached hydrogens (tertiary/aromatic N) is 2. The lowest BCUT2D eigenvalue weighted by atomic mass is 10.0. The van der Waals surface area contributed by atoms with Crippen LogP contribution in [0.3, 0.4) is 0 Å². The lowest BCUT2D eigenvalue weighted by Crippen LogP contribution is -2.55. The highest BCUT2D eigenvalue weighted by molar-refractivity contribution is 5.85. The van der Waals surface area contributed by atoms with Crippen molar-refractivity contribution in [3.8, 4) is 0 Å². The van der Waals surface area contributed by atoms with Gasteiger partial charge >= 0.3 is 0 Å². The van der Waals surface area contributed by atoms with Gasteiger partial charge in [-0.1, -0.05) is 11.6 Å². The minimum absolute atomic E-state index is 0. The van der Waals surface area contributed by atoms with Crippen LogP contribution in [0.15, 0.2) is 33.7 Å². The number of halogens is 1. The number of hydrogen-bond acceptors (Lipinski definition) is 4. The van der Waals surface area contributed by atoms with Gasteiger partial charge < -0.3 is 4.42 Å². The molecule has 2 unspecified atom stereocenters. The summed E-state index contributed by atoms with van der Waals surface area (Å²) in [7, 11) is 0. The summed E-state index contributed by atoms with van der Waals surface area (Å²) in [4.78, 5) is 17.8. The molecule has 0 spiro atoms. The van der Waals surface area contributed by atoms with Crippen molar-refractivity contribution in [2.75, 3.05) is 19.6 Å². The van der Waals surface area contributed by atoms with E-state index in [0.29, 0.717) is 29.6 Å². The Balaban J connectivity index is 0.00000169. The first-order valence-corrected chi connectivity index (χ1v) is 8.62. The molecule has 1 aromatic heterocycles. The van der Waals surface area contributed by atoms with Gasteiger partial charge in [-0.3, -0.25) is 14.6 Å². The Morgan fingerprint density at radius 1 is 1.25 bits per heavy atom. The number of hydrogen-bond donors (Lipinski definition) is 0. The van der Waals surface area contributed by atoms with E-state index in [1.54, 1.807) is 6.26 Å². The molecule has 0 aliphatic carbocycles. The molecule has 0 radical (unpaired) electrons. The van der Waals surface area contributed by atoms with E-state index in [9.17, 15) is 4.79 Å². The fourth-order valence-corrected chi connectivity index (χ4v) is 4.22. The number of piperazine rings is 1. The van der Waals surface area contributed by atoms with Crippen LogP contribution >= 0.6 is 12.4 Å². The number of benzene rings is 1. The molecule has 0 N–H and O–H groups in total. The summed E-state index contributed by atoms with van der Waals surface area (Å²) in [6, 6.07) is 6.95. The highest BCUT2D eigenvalue weighted by Crippen LogP contribution is 2.27. The summed E-state index contributed by atoms with van der Waals surface area (Å²) in [6.07, 6.45) is 4.25. The number of aryl methyl sites for hydroxylation is 1. The smallest absolute Gasteiger partial charge is 0.197 e. The Hall–Kier alpha value is -1.36. The van der Waals surface area contributed by atoms with Crippen LogP contribution < -0.4 is 5.43 Å². The average Bonchev–Trinajstić information content (AvgIpc) is 3.02. The Kier molecular flexibility index (Phi) is 5.00. The topological polar surface area (TPSA) is 36.7 Å². The molecule has 24 heavy (non-hydrogen) atoms. The monoisotopic (exact) mass is 348 g/mol. The van der Waals surface area contributed by atoms with Gasteiger partial charge in [-0.2, -0.15) is 0 Å². The van der Waals surface area contributed by atoms with Crippen molar-refractivity contribution in [2.45, 2.75) is 45.3 Å². The molecule has 130 valence electrons. The summed E-state index contributed by atoms with van der Waals surface area (Å²) < 4.78 is 5.70. The van der Waals surface area contributed by atoms with Gasteiger partial charge in [0.1, 0.15) is 5.58 Å². The van der Waals surface area contributed by atoms with E-state index in [4.69, 9.17) is 4.42 Å². The van der Waals surface area contributed by atoms with E-state index in [-0.39, 0.29) is 17.8 Å². The molecule has 2 aliphatic rings. The SMILES string of the molecule is Cc1ccc2occ(CN3CCN4CCCC4C3C)c(=O)c2c1.Cl. The summed E-state index contributed by atoms with van der Waals surface area (Å²) in [5.41, 5.74) is 2.67. The van der Waals surface area contributed by atoms with Gasteiger partial charge in [0.15, 0.2) is 5.43 Å². The molecule has 2 aromatic rings.